The van der Waals surface area contributed by atoms with Crippen molar-refractivity contribution in [3.05, 3.63) is 62.1 Å². The van der Waals surface area contributed by atoms with Crippen LogP contribution in [0.25, 0.3) is 0 Å². The molecule has 0 aliphatic rings. The molecule has 2 rings (SSSR count). The fraction of sp³-hybridized carbons (Fsp3) is 0.0714. The van der Waals surface area contributed by atoms with Crippen molar-refractivity contribution in [1.82, 2.24) is 0 Å². The van der Waals surface area contributed by atoms with Crippen LogP contribution < -0.4 is 0 Å². The van der Waals surface area contributed by atoms with Crippen LogP contribution in [-0.4, -0.2) is 16.0 Å². The molecule has 0 radical (unpaired) electrons. The Labute approximate surface area is 133 Å². The second-order valence-corrected chi connectivity index (χ2v) is 6.28. The lowest BCUT2D eigenvalue weighted by molar-refractivity contribution is -0.387. The maximum atomic E-state index is 11.3. The van der Waals surface area contributed by atoms with Gasteiger partial charge in [-0.05, 0) is 36.8 Å². The molecule has 0 unspecified atom stereocenters. The number of hydrogen-bond acceptors (Lipinski definition) is 4. The molecule has 0 fully saturated rings. The highest BCUT2D eigenvalue weighted by molar-refractivity contribution is 9.10. The summed E-state index contributed by atoms with van der Waals surface area (Å²) in [7, 11) is 0. The molecular formula is C14H10BrNO4S. The molecule has 21 heavy (non-hydrogen) atoms. The zero-order chi connectivity index (χ0) is 15.6. The number of rotatable bonds is 4. The minimum absolute atomic E-state index is 0.0285. The predicted molar refractivity (Wildman–Crippen MR) is 83.1 cm³/mol. The van der Waals surface area contributed by atoms with E-state index in [2.05, 4.69) is 15.9 Å². The summed E-state index contributed by atoms with van der Waals surface area (Å²) in [4.78, 5) is 22.8. The Balaban J connectivity index is 2.48. The largest absolute Gasteiger partial charge is 0.478 e. The van der Waals surface area contributed by atoms with E-state index in [0.29, 0.717) is 14.3 Å². The van der Waals surface area contributed by atoms with Crippen molar-refractivity contribution in [2.24, 2.45) is 0 Å². The van der Waals surface area contributed by atoms with E-state index in [9.17, 15) is 20.0 Å². The van der Waals surface area contributed by atoms with Crippen LogP contribution in [-0.2, 0) is 0 Å². The average molecular weight is 368 g/mol. The molecule has 0 aromatic heterocycles. The van der Waals surface area contributed by atoms with Crippen LogP contribution in [0.3, 0.4) is 0 Å². The summed E-state index contributed by atoms with van der Waals surface area (Å²) in [5.41, 5.74) is 0.851. The van der Waals surface area contributed by atoms with E-state index < -0.39 is 10.9 Å². The van der Waals surface area contributed by atoms with Gasteiger partial charge in [-0.2, -0.15) is 0 Å². The maximum absolute atomic E-state index is 11.3. The Morgan fingerprint density at radius 1 is 1.24 bits per heavy atom. The minimum atomic E-state index is -1.08. The Morgan fingerprint density at radius 3 is 2.52 bits per heavy atom. The average Bonchev–Trinajstić information content (AvgIpc) is 2.42. The summed E-state index contributed by atoms with van der Waals surface area (Å²) >= 11 is 4.29. The van der Waals surface area contributed by atoms with Gasteiger partial charge in [0.25, 0.3) is 5.69 Å². The second-order valence-electron chi connectivity index (χ2n) is 4.28. The zero-order valence-electron chi connectivity index (χ0n) is 10.9. The van der Waals surface area contributed by atoms with Gasteiger partial charge >= 0.3 is 5.97 Å². The molecule has 2 aromatic carbocycles. The van der Waals surface area contributed by atoms with Crippen LogP contribution in [0.1, 0.15) is 15.9 Å². The summed E-state index contributed by atoms with van der Waals surface area (Å²) in [6, 6.07) is 9.67. The van der Waals surface area contributed by atoms with Crippen molar-refractivity contribution in [2.75, 3.05) is 0 Å². The number of hydrogen-bond donors (Lipinski definition) is 1. The number of benzene rings is 2. The van der Waals surface area contributed by atoms with E-state index in [1.165, 1.54) is 12.1 Å². The lowest BCUT2D eigenvalue weighted by Crippen LogP contribution is -1.99. The molecule has 1 N–H and O–H groups in total. The summed E-state index contributed by atoms with van der Waals surface area (Å²) in [6.07, 6.45) is 0. The molecule has 0 bridgehead atoms. The van der Waals surface area contributed by atoms with Gasteiger partial charge in [-0.3, -0.25) is 10.1 Å². The fourth-order valence-electron chi connectivity index (χ4n) is 1.73. The van der Waals surface area contributed by atoms with Gasteiger partial charge in [-0.15, -0.1) is 0 Å². The van der Waals surface area contributed by atoms with Crippen LogP contribution in [0.5, 0.6) is 0 Å². The lowest BCUT2D eigenvalue weighted by Gasteiger charge is -2.07. The smallest absolute Gasteiger partial charge is 0.336 e. The van der Waals surface area contributed by atoms with Crippen LogP contribution in [0.4, 0.5) is 5.69 Å². The molecule has 0 aliphatic carbocycles. The number of carboxylic acids is 1. The predicted octanol–water partition coefficient (Wildman–Crippen LogP) is 4.52. The van der Waals surface area contributed by atoms with Gasteiger partial charge in [0.2, 0.25) is 0 Å². The topological polar surface area (TPSA) is 80.4 Å². The number of carboxylic acid groups (broad SMARTS) is 1. The molecule has 2 aromatic rings. The molecule has 0 amide bonds. The first-order valence-corrected chi connectivity index (χ1v) is 7.45. The van der Waals surface area contributed by atoms with Crippen molar-refractivity contribution in [2.45, 2.75) is 16.7 Å². The minimum Gasteiger partial charge on any atom is -0.478 e. The number of aryl methyl sites for hydroxylation is 1. The van der Waals surface area contributed by atoms with Gasteiger partial charge in [-0.25, -0.2) is 4.79 Å². The lowest BCUT2D eigenvalue weighted by atomic mass is 10.2. The summed E-state index contributed by atoms with van der Waals surface area (Å²) in [5.74, 6) is -1.08. The molecule has 0 heterocycles. The zero-order valence-corrected chi connectivity index (χ0v) is 13.3. The SMILES string of the molecule is Cc1ccc(Sc2ccc(Br)cc2C(=O)O)c([N+](=O)[O-])c1. The van der Waals surface area contributed by atoms with E-state index in [-0.39, 0.29) is 11.3 Å². The molecule has 0 aliphatic heterocycles. The third-order valence-corrected chi connectivity index (χ3v) is 4.34. The van der Waals surface area contributed by atoms with Crippen molar-refractivity contribution in [3.8, 4) is 0 Å². The summed E-state index contributed by atoms with van der Waals surface area (Å²) < 4.78 is 0.641. The van der Waals surface area contributed by atoms with Gasteiger partial charge < -0.3 is 5.11 Å². The van der Waals surface area contributed by atoms with Crippen molar-refractivity contribution < 1.29 is 14.8 Å². The summed E-state index contributed by atoms with van der Waals surface area (Å²) in [6.45, 7) is 1.77. The van der Waals surface area contributed by atoms with Gasteiger partial charge in [-0.1, -0.05) is 33.8 Å². The van der Waals surface area contributed by atoms with Crippen LogP contribution in [0.2, 0.25) is 0 Å². The monoisotopic (exact) mass is 367 g/mol. The van der Waals surface area contributed by atoms with Gasteiger partial charge in [0.1, 0.15) is 0 Å². The van der Waals surface area contributed by atoms with Crippen LogP contribution in [0, 0.1) is 17.0 Å². The molecule has 108 valence electrons. The summed E-state index contributed by atoms with van der Waals surface area (Å²) in [5, 5.41) is 20.3. The van der Waals surface area contributed by atoms with Crippen molar-refractivity contribution >= 4 is 39.3 Å². The van der Waals surface area contributed by atoms with Crippen LogP contribution in [0.15, 0.2) is 50.7 Å². The van der Waals surface area contributed by atoms with E-state index in [1.807, 2.05) is 0 Å². The Kier molecular flexibility index (Phi) is 4.64. The van der Waals surface area contributed by atoms with E-state index in [4.69, 9.17) is 0 Å². The third kappa shape index (κ3) is 3.62. The number of nitro benzene ring substituents is 1. The maximum Gasteiger partial charge on any atom is 0.336 e. The fourth-order valence-corrected chi connectivity index (χ4v) is 3.10. The first kappa shape index (κ1) is 15.5. The third-order valence-electron chi connectivity index (χ3n) is 2.70. The number of nitro groups is 1. The number of halogens is 1. The van der Waals surface area contributed by atoms with Gasteiger partial charge in [0.05, 0.1) is 15.4 Å². The highest BCUT2D eigenvalue weighted by Crippen LogP contribution is 2.37. The van der Waals surface area contributed by atoms with Gasteiger partial charge in [0, 0.05) is 15.4 Å². The second kappa shape index (κ2) is 6.28. The molecule has 0 atom stereocenters. The first-order valence-electron chi connectivity index (χ1n) is 5.84. The van der Waals surface area contributed by atoms with Gasteiger partial charge in [0.15, 0.2) is 0 Å². The highest BCUT2D eigenvalue weighted by atomic mass is 79.9. The molecule has 7 heteroatoms. The molecule has 0 saturated carbocycles. The van der Waals surface area contributed by atoms with Crippen LogP contribution >= 0.6 is 27.7 Å². The van der Waals surface area contributed by atoms with E-state index in [1.54, 1.807) is 31.2 Å². The molecule has 0 saturated heterocycles. The number of aromatic carboxylic acids is 1. The van der Waals surface area contributed by atoms with Crippen molar-refractivity contribution in [1.29, 1.82) is 0 Å². The quantitative estimate of drug-likeness (QED) is 0.634. The molecular weight excluding hydrogens is 358 g/mol. The normalized spacial score (nSPS) is 10.4. The first-order chi connectivity index (χ1) is 9.88. The molecule has 0 spiro atoms. The number of nitrogens with zero attached hydrogens (tertiary/aromatic N) is 1. The van der Waals surface area contributed by atoms with E-state index in [0.717, 1.165) is 17.3 Å². The van der Waals surface area contributed by atoms with Crippen molar-refractivity contribution in [3.63, 3.8) is 0 Å². The Hall–Kier alpha value is -1.86. The Morgan fingerprint density at radius 2 is 1.90 bits per heavy atom. The highest BCUT2D eigenvalue weighted by Gasteiger charge is 2.18. The van der Waals surface area contributed by atoms with E-state index >= 15 is 0 Å². The Bertz CT molecular complexity index is 671. The standard InChI is InChI=1S/C14H10BrNO4S/c1-8-2-4-13(11(6-8)16(19)20)21-12-5-3-9(15)7-10(12)14(17)18/h2-7H,1H3,(H,17,18). The number of carbonyl (C=O) groups is 1. The molecule has 5 nitrogen and oxygen atoms in total.